The maximum Gasteiger partial charge on any atom is 0.224 e. The smallest absolute Gasteiger partial charge is 0.224 e. The normalized spacial score (nSPS) is 14.9. The Morgan fingerprint density at radius 2 is 1.96 bits per heavy atom. The summed E-state index contributed by atoms with van der Waals surface area (Å²) in [6.45, 7) is 1.82. The summed E-state index contributed by atoms with van der Waals surface area (Å²) in [5.41, 5.74) is 8.46. The Bertz CT molecular complexity index is 863. The molecular weight excluding hydrogens is 378 g/mol. The number of aromatic nitrogens is 2. The van der Waals surface area contributed by atoms with Gasteiger partial charge in [-0.15, -0.1) is 0 Å². The van der Waals surface area contributed by atoms with Gasteiger partial charge in [0.2, 0.25) is 5.95 Å². The van der Waals surface area contributed by atoms with Crippen molar-refractivity contribution in [2.24, 2.45) is 4.36 Å². The summed E-state index contributed by atoms with van der Waals surface area (Å²) in [4.78, 5) is 11.3. The zero-order chi connectivity index (χ0) is 19.9. The minimum absolute atomic E-state index is 0.439. The van der Waals surface area contributed by atoms with E-state index in [1.54, 1.807) is 24.3 Å². The molecule has 0 aliphatic heterocycles. The van der Waals surface area contributed by atoms with E-state index in [1.165, 1.54) is 12.8 Å². The Balaban J connectivity index is 1.62. The maximum atomic E-state index is 10.7. The van der Waals surface area contributed by atoms with Gasteiger partial charge in [-0.05, 0) is 64.2 Å². The Hall–Kier alpha value is -2.43. The fourth-order valence-corrected chi connectivity index (χ4v) is 2.93. The van der Waals surface area contributed by atoms with Crippen molar-refractivity contribution >= 4 is 34.0 Å². The molecule has 1 aromatic heterocycles. The van der Waals surface area contributed by atoms with E-state index in [1.807, 2.05) is 6.07 Å². The number of rotatable bonds is 10. The molecule has 9 nitrogen and oxygen atoms in total. The van der Waals surface area contributed by atoms with Crippen LogP contribution in [0.2, 0.25) is 0 Å². The number of nitrogens with one attached hydrogen (secondary N) is 3. The van der Waals surface area contributed by atoms with E-state index >= 15 is 0 Å². The highest BCUT2D eigenvalue weighted by atomic mass is 32.2. The molecule has 0 spiro atoms. The molecule has 4 N–H and O–H groups in total. The first-order chi connectivity index (χ1) is 13.5. The van der Waals surface area contributed by atoms with Gasteiger partial charge in [-0.1, -0.05) is 10.9 Å². The molecule has 1 aromatic carbocycles. The maximum absolute atomic E-state index is 10.7. The van der Waals surface area contributed by atoms with Crippen molar-refractivity contribution in [2.75, 3.05) is 43.4 Å². The van der Waals surface area contributed by atoms with E-state index in [2.05, 4.69) is 49.5 Å². The van der Waals surface area contributed by atoms with Crippen LogP contribution >= 0.6 is 0 Å². The van der Waals surface area contributed by atoms with Crippen LogP contribution in [0.4, 0.5) is 23.1 Å². The molecule has 1 heterocycles. The fraction of sp³-hybridized carbons (Fsp3) is 0.444. The summed E-state index contributed by atoms with van der Waals surface area (Å²) in [6.07, 6.45) is 3.35. The minimum Gasteiger partial charge on any atom is -0.454 e. The monoisotopic (exact) mass is 404 g/mol. The van der Waals surface area contributed by atoms with Crippen LogP contribution in [-0.4, -0.2) is 46.6 Å². The van der Waals surface area contributed by atoms with Gasteiger partial charge in [0.1, 0.15) is 5.82 Å². The molecule has 2 aromatic rings. The molecule has 0 radical (unpaired) electrons. The largest absolute Gasteiger partial charge is 0.454 e. The number of hydrogen-bond acceptors (Lipinski definition) is 9. The van der Waals surface area contributed by atoms with Crippen LogP contribution in [0.5, 0.6) is 0 Å². The van der Waals surface area contributed by atoms with Gasteiger partial charge < -0.3 is 23.3 Å². The molecule has 1 aliphatic rings. The molecular formula is C18H26N7O2S-. The molecule has 1 saturated carbocycles. The summed E-state index contributed by atoms with van der Waals surface area (Å²) in [5.74, 6) is 1.84. The fourth-order valence-electron chi connectivity index (χ4n) is 2.62. The molecule has 0 bridgehead atoms. The molecule has 0 unspecified atom stereocenters. The predicted molar refractivity (Wildman–Crippen MR) is 112 cm³/mol. The van der Waals surface area contributed by atoms with Crippen molar-refractivity contribution in [1.29, 1.82) is 0 Å². The van der Waals surface area contributed by atoms with Gasteiger partial charge in [0.05, 0.1) is 11.4 Å². The van der Waals surface area contributed by atoms with E-state index in [0.29, 0.717) is 23.4 Å². The number of hydrazine groups is 1. The van der Waals surface area contributed by atoms with E-state index in [0.717, 1.165) is 30.9 Å². The van der Waals surface area contributed by atoms with Crippen molar-refractivity contribution in [3.05, 3.63) is 36.0 Å². The van der Waals surface area contributed by atoms with Crippen LogP contribution in [-0.2, 0) is 15.1 Å². The zero-order valence-corrected chi connectivity index (χ0v) is 16.9. The molecule has 0 amide bonds. The lowest BCUT2D eigenvalue weighted by Crippen LogP contribution is -2.18. The van der Waals surface area contributed by atoms with Crippen LogP contribution in [0, 0.1) is 0 Å². The second-order valence-corrected chi connectivity index (χ2v) is 7.62. The summed E-state index contributed by atoms with van der Waals surface area (Å²) in [5, 5.41) is 3.31. The van der Waals surface area contributed by atoms with Gasteiger partial charge in [0.25, 0.3) is 0 Å². The van der Waals surface area contributed by atoms with E-state index < -0.39 is 10.9 Å². The summed E-state index contributed by atoms with van der Waals surface area (Å²) < 4.78 is 23.1. The van der Waals surface area contributed by atoms with Crippen molar-refractivity contribution in [2.45, 2.75) is 25.2 Å². The molecule has 10 heteroatoms. The van der Waals surface area contributed by atoms with Crippen molar-refractivity contribution in [3.63, 3.8) is 0 Å². The third-order valence-corrected chi connectivity index (χ3v) is 4.56. The summed E-state index contributed by atoms with van der Waals surface area (Å²) >= 11 is 0. The van der Waals surface area contributed by atoms with Crippen molar-refractivity contribution < 1.29 is 8.76 Å². The van der Waals surface area contributed by atoms with Crippen molar-refractivity contribution in [1.82, 2.24) is 14.9 Å². The van der Waals surface area contributed by atoms with Crippen LogP contribution < -0.4 is 16.2 Å². The average Bonchev–Trinajstić information content (AvgIpc) is 3.49. The lowest BCUT2D eigenvalue weighted by Gasteiger charge is -2.13. The highest BCUT2D eigenvalue weighted by molar-refractivity contribution is 7.68. The van der Waals surface area contributed by atoms with Crippen molar-refractivity contribution in [3.8, 4) is 0 Å². The van der Waals surface area contributed by atoms with E-state index in [-0.39, 0.29) is 0 Å². The SMILES string of the molecule is CN(C)CCCNc1nc(NNc2ccc(N=[S-](=O)O)cc2)cc(C2CC2)n1. The molecule has 3 rings (SSSR count). The predicted octanol–water partition coefficient (Wildman–Crippen LogP) is 3.41. The minimum atomic E-state index is -2.20. The third kappa shape index (κ3) is 6.63. The van der Waals surface area contributed by atoms with Gasteiger partial charge in [0.15, 0.2) is 0 Å². The zero-order valence-electron chi connectivity index (χ0n) is 16.1. The highest BCUT2D eigenvalue weighted by Gasteiger charge is 2.26. The highest BCUT2D eigenvalue weighted by Crippen LogP contribution is 2.39. The van der Waals surface area contributed by atoms with Crippen LogP contribution in [0.15, 0.2) is 34.7 Å². The summed E-state index contributed by atoms with van der Waals surface area (Å²) in [7, 11) is 1.91. The number of anilines is 3. The Labute approximate surface area is 167 Å². The molecule has 0 atom stereocenters. The second kappa shape index (κ2) is 9.67. The Kier molecular flexibility index (Phi) is 7.01. The lowest BCUT2D eigenvalue weighted by atomic mass is 10.3. The van der Waals surface area contributed by atoms with Gasteiger partial charge in [-0.3, -0.25) is 10.9 Å². The van der Waals surface area contributed by atoms with Gasteiger partial charge >= 0.3 is 0 Å². The molecule has 28 heavy (non-hydrogen) atoms. The standard InChI is InChI=1S/C18H26N7O2S/c1-25(2)11-3-10-19-18-20-16(13-4-5-13)12-17(21-18)23-22-14-6-8-15(9-7-14)24-28(26)27/h6-9,12-13,22H,3-5,10-11H2,1-2H3,(H,24,26,27)(H2,19,20,21,23)/q-1. The number of nitrogens with zero attached hydrogens (tertiary/aromatic N) is 4. The number of hydrogen-bond donors (Lipinski definition) is 4. The quantitative estimate of drug-likeness (QED) is 0.206. The second-order valence-electron chi connectivity index (χ2n) is 6.98. The van der Waals surface area contributed by atoms with Crippen LogP contribution in [0.1, 0.15) is 30.9 Å². The Morgan fingerprint density at radius 3 is 2.61 bits per heavy atom. The Morgan fingerprint density at radius 1 is 1.21 bits per heavy atom. The molecule has 152 valence electrons. The summed E-state index contributed by atoms with van der Waals surface area (Å²) in [6, 6.07) is 8.81. The van der Waals surface area contributed by atoms with Crippen LogP contribution in [0.25, 0.3) is 0 Å². The van der Waals surface area contributed by atoms with Gasteiger partial charge in [0, 0.05) is 24.2 Å². The van der Waals surface area contributed by atoms with E-state index in [9.17, 15) is 4.21 Å². The van der Waals surface area contributed by atoms with E-state index in [4.69, 9.17) is 4.55 Å². The average molecular weight is 405 g/mol. The molecule has 1 aliphatic carbocycles. The lowest BCUT2D eigenvalue weighted by molar-refractivity contribution is 0.405. The van der Waals surface area contributed by atoms with Crippen LogP contribution in [0.3, 0.4) is 0 Å². The topological polar surface area (TPSA) is 115 Å². The first kappa shape index (κ1) is 20.3. The first-order valence-corrected chi connectivity index (χ1v) is 10.3. The van der Waals surface area contributed by atoms with Gasteiger partial charge in [-0.2, -0.15) is 4.98 Å². The molecule has 0 saturated heterocycles. The first-order valence-electron chi connectivity index (χ1n) is 9.22. The van der Waals surface area contributed by atoms with Gasteiger partial charge in [-0.25, -0.2) is 4.98 Å². The molecule has 1 fully saturated rings. The third-order valence-electron chi connectivity index (χ3n) is 4.19. The number of benzene rings is 1.